The predicted molar refractivity (Wildman–Crippen MR) is 41.3 cm³/mol. The molecular formula is C6H7NO4S. The Morgan fingerprint density at radius 2 is 2.50 bits per heavy atom. The molecular weight excluding hydrogens is 182 g/mol. The minimum absolute atomic E-state index is 0.101. The lowest BCUT2D eigenvalue weighted by atomic mass is 10.3. The molecule has 0 aliphatic rings. The van der Waals surface area contributed by atoms with Crippen LogP contribution in [0.5, 0.6) is 5.19 Å². The molecule has 0 saturated heterocycles. The molecule has 0 bridgehead atoms. The van der Waals surface area contributed by atoms with Crippen molar-refractivity contribution in [3.05, 3.63) is 11.1 Å². The van der Waals surface area contributed by atoms with Gasteiger partial charge in [-0.3, -0.25) is 0 Å². The average molecular weight is 189 g/mol. The molecule has 0 aromatic carbocycles. The number of aromatic nitrogens is 1. The first-order valence-electron chi connectivity index (χ1n) is 3.05. The fraction of sp³-hybridized carbons (Fsp3) is 0.333. The highest BCUT2D eigenvalue weighted by Gasteiger charge is 2.19. The normalized spacial score (nSPS) is 12.5. The molecule has 0 fully saturated rings. The minimum Gasteiger partial charge on any atom is -0.479 e. The van der Waals surface area contributed by atoms with Crippen LogP contribution in [0.25, 0.3) is 0 Å². The van der Waals surface area contributed by atoms with Crippen LogP contribution in [0.4, 0.5) is 0 Å². The molecule has 0 radical (unpaired) electrons. The second-order valence-electron chi connectivity index (χ2n) is 1.98. The molecule has 1 heterocycles. The number of carbonyl (C=O) groups is 1. The monoisotopic (exact) mass is 189 g/mol. The van der Waals surface area contributed by atoms with Crippen LogP contribution in [-0.2, 0) is 4.79 Å². The van der Waals surface area contributed by atoms with Crippen molar-refractivity contribution in [1.29, 1.82) is 0 Å². The molecule has 1 aromatic heterocycles. The Labute approximate surface area is 72.2 Å². The summed E-state index contributed by atoms with van der Waals surface area (Å²) < 4.78 is 4.73. The van der Waals surface area contributed by atoms with Crippen LogP contribution in [0, 0.1) is 0 Å². The Hall–Kier alpha value is -1.14. The third kappa shape index (κ3) is 1.72. The van der Waals surface area contributed by atoms with E-state index in [1.807, 2.05) is 0 Å². The molecule has 0 aliphatic heterocycles. The zero-order valence-corrected chi connectivity index (χ0v) is 7.04. The summed E-state index contributed by atoms with van der Waals surface area (Å²) in [6, 6.07) is 0. The molecule has 6 heteroatoms. The number of aliphatic carboxylic acids is 1. The summed E-state index contributed by atoms with van der Waals surface area (Å²) in [6.45, 7) is 0. The molecule has 1 rings (SSSR count). The van der Waals surface area contributed by atoms with Gasteiger partial charge in [0.05, 0.1) is 12.8 Å². The van der Waals surface area contributed by atoms with E-state index in [0.717, 1.165) is 11.3 Å². The molecule has 2 N–H and O–H groups in total. The van der Waals surface area contributed by atoms with E-state index >= 15 is 0 Å². The Morgan fingerprint density at radius 1 is 1.83 bits per heavy atom. The molecule has 0 saturated carbocycles. The van der Waals surface area contributed by atoms with Gasteiger partial charge in [-0.1, -0.05) is 11.3 Å². The number of hydrogen-bond acceptors (Lipinski definition) is 5. The Balaban J connectivity index is 2.81. The fourth-order valence-corrected chi connectivity index (χ4v) is 1.27. The topological polar surface area (TPSA) is 79.7 Å². The van der Waals surface area contributed by atoms with Gasteiger partial charge < -0.3 is 14.9 Å². The molecule has 5 nitrogen and oxygen atoms in total. The summed E-state index contributed by atoms with van der Waals surface area (Å²) in [4.78, 5) is 14.0. The molecule has 0 spiro atoms. The van der Waals surface area contributed by atoms with Crippen molar-refractivity contribution in [3.63, 3.8) is 0 Å². The van der Waals surface area contributed by atoms with Crippen molar-refractivity contribution in [3.8, 4) is 5.19 Å². The highest BCUT2D eigenvalue weighted by atomic mass is 32.1. The van der Waals surface area contributed by atoms with Crippen molar-refractivity contribution in [2.75, 3.05) is 7.11 Å². The van der Waals surface area contributed by atoms with E-state index in [4.69, 9.17) is 14.9 Å². The molecule has 0 aliphatic carbocycles. The van der Waals surface area contributed by atoms with Gasteiger partial charge in [-0.2, -0.15) is 0 Å². The van der Waals surface area contributed by atoms with Gasteiger partial charge in [0.15, 0.2) is 6.10 Å². The molecule has 1 unspecified atom stereocenters. The first-order valence-corrected chi connectivity index (χ1v) is 3.93. The Morgan fingerprint density at radius 3 is 2.92 bits per heavy atom. The third-order valence-corrected chi connectivity index (χ3v) is 2.01. The highest BCUT2D eigenvalue weighted by molar-refractivity contribution is 7.11. The highest BCUT2D eigenvalue weighted by Crippen LogP contribution is 2.21. The van der Waals surface area contributed by atoms with Gasteiger partial charge >= 0.3 is 5.97 Å². The molecule has 66 valence electrons. The van der Waals surface area contributed by atoms with Crippen LogP contribution in [0.15, 0.2) is 5.38 Å². The van der Waals surface area contributed by atoms with E-state index in [-0.39, 0.29) is 5.69 Å². The Kier molecular flexibility index (Phi) is 2.61. The van der Waals surface area contributed by atoms with E-state index in [2.05, 4.69) is 4.98 Å². The number of rotatable bonds is 3. The Bertz CT molecular complexity index is 285. The lowest BCUT2D eigenvalue weighted by molar-refractivity contribution is -0.147. The van der Waals surface area contributed by atoms with Crippen LogP contribution in [0.2, 0.25) is 0 Å². The van der Waals surface area contributed by atoms with Crippen LogP contribution in [0.1, 0.15) is 11.8 Å². The van der Waals surface area contributed by atoms with Gasteiger partial charge in [0, 0.05) is 5.38 Å². The number of methoxy groups -OCH3 is 1. The number of carboxylic acids is 1. The summed E-state index contributed by atoms with van der Waals surface area (Å²) in [5.74, 6) is -1.32. The summed E-state index contributed by atoms with van der Waals surface area (Å²) >= 11 is 1.14. The van der Waals surface area contributed by atoms with Crippen molar-refractivity contribution >= 4 is 17.3 Å². The van der Waals surface area contributed by atoms with Gasteiger partial charge in [0.25, 0.3) is 5.19 Å². The first kappa shape index (κ1) is 8.95. The second kappa shape index (κ2) is 3.51. The van der Waals surface area contributed by atoms with Gasteiger partial charge in [-0.05, 0) is 0 Å². The summed E-state index contributed by atoms with van der Waals surface area (Å²) in [5.41, 5.74) is 0.101. The fourth-order valence-electron chi connectivity index (χ4n) is 0.615. The summed E-state index contributed by atoms with van der Waals surface area (Å²) in [5, 5.41) is 19.2. The van der Waals surface area contributed by atoms with Crippen LogP contribution in [0.3, 0.4) is 0 Å². The standard InChI is InChI=1S/C6H7NO4S/c1-11-6-7-3(2-12-6)4(8)5(9)10/h2,4,8H,1H3,(H,9,10). The van der Waals surface area contributed by atoms with Crippen molar-refractivity contribution in [2.45, 2.75) is 6.10 Å². The largest absolute Gasteiger partial charge is 0.479 e. The van der Waals surface area contributed by atoms with Crippen molar-refractivity contribution in [1.82, 2.24) is 4.98 Å². The minimum atomic E-state index is -1.56. The van der Waals surface area contributed by atoms with E-state index in [0.29, 0.717) is 5.19 Å². The molecule has 0 amide bonds. The maximum atomic E-state index is 10.3. The second-order valence-corrected chi connectivity index (χ2v) is 2.80. The van der Waals surface area contributed by atoms with Gasteiger partial charge in [0.1, 0.15) is 0 Å². The zero-order chi connectivity index (χ0) is 9.14. The summed E-state index contributed by atoms with van der Waals surface area (Å²) in [7, 11) is 1.43. The number of aliphatic hydroxyl groups is 1. The SMILES string of the molecule is COc1nc(C(O)C(=O)O)cs1. The van der Waals surface area contributed by atoms with Crippen LogP contribution >= 0.6 is 11.3 Å². The number of nitrogens with zero attached hydrogens (tertiary/aromatic N) is 1. The number of aliphatic hydroxyl groups excluding tert-OH is 1. The summed E-state index contributed by atoms with van der Waals surface area (Å²) in [6.07, 6.45) is -1.56. The van der Waals surface area contributed by atoms with Crippen molar-refractivity contribution in [2.24, 2.45) is 0 Å². The lowest BCUT2D eigenvalue weighted by Crippen LogP contribution is -2.10. The number of hydrogen-bond donors (Lipinski definition) is 2. The number of ether oxygens (including phenoxy) is 1. The number of carboxylic acid groups (broad SMARTS) is 1. The van der Waals surface area contributed by atoms with E-state index in [1.165, 1.54) is 12.5 Å². The van der Waals surface area contributed by atoms with E-state index in [9.17, 15) is 4.79 Å². The quantitative estimate of drug-likeness (QED) is 0.713. The van der Waals surface area contributed by atoms with Gasteiger partial charge in [-0.25, -0.2) is 9.78 Å². The van der Waals surface area contributed by atoms with E-state index < -0.39 is 12.1 Å². The smallest absolute Gasteiger partial charge is 0.338 e. The molecule has 12 heavy (non-hydrogen) atoms. The number of thiazole rings is 1. The van der Waals surface area contributed by atoms with E-state index in [1.54, 1.807) is 0 Å². The average Bonchev–Trinajstić information content (AvgIpc) is 2.50. The maximum absolute atomic E-state index is 10.3. The third-order valence-electron chi connectivity index (χ3n) is 1.19. The molecule has 1 aromatic rings. The first-order chi connectivity index (χ1) is 5.65. The van der Waals surface area contributed by atoms with Gasteiger partial charge in [0.2, 0.25) is 0 Å². The lowest BCUT2D eigenvalue weighted by Gasteiger charge is -1.98. The predicted octanol–water partition coefficient (Wildman–Crippen LogP) is 0.270. The van der Waals surface area contributed by atoms with Crippen LogP contribution < -0.4 is 4.74 Å². The molecule has 1 atom stereocenters. The maximum Gasteiger partial charge on any atom is 0.338 e. The van der Waals surface area contributed by atoms with Gasteiger partial charge in [-0.15, -0.1) is 0 Å². The zero-order valence-electron chi connectivity index (χ0n) is 6.22. The van der Waals surface area contributed by atoms with Crippen LogP contribution in [-0.4, -0.2) is 28.3 Å². The van der Waals surface area contributed by atoms with Crippen molar-refractivity contribution < 1.29 is 19.7 Å².